The molecule has 2 atom stereocenters. The van der Waals surface area contributed by atoms with Crippen LogP contribution in [0.1, 0.15) is 65.1 Å². The van der Waals surface area contributed by atoms with Crippen molar-refractivity contribution in [2.75, 3.05) is 13.1 Å². The zero-order valence-corrected chi connectivity index (χ0v) is 21.2. The molecule has 2 aromatic heterocycles. The van der Waals surface area contributed by atoms with E-state index >= 15 is 0 Å². The molecule has 2 unspecified atom stereocenters. The Morgan fingerprint density at radius 2 is 1.80 bits per heavy atom. The van der Waals surface area contributed by atoms with Crippen molar-refractivity contribution in [3.63, 3.8) is 0 Å². The fourth-order valence-corrected chi connectivity index (χ4v) is 5.41. The van der Waals surface area contributed by atoms with Crippen LogP contribution >= 0.6 is 0 Å². The van der Waals surface area contributed by atoms with Crippen LogP contribution in [0.2, 0.25) is 0 Å². The number of benzene rings is 1. The number of amides is 2. The fraction of sp³-hybridized carbons (Fsp3) is 0.481. The van der Waals surface area contributed by atoms with Gasteiger partial charge in [0.2, 0.25) is 5.91 Å². The number of rotatable bonds is 8. The number of hydrogen-bond donors (Lipinski definition) is 2. The summed E-state index contributed by atoms with van der Waals surface area (Å²) in [7, 11) is 0. The van der Waals surface area contributed by atoms with E-state index in [1.807, 2.05) is 19.9 Å². The average Bonchev–Trinajstić information content (AvgIpc) is 3.22. The number of carbonyl (C=O) groups excluding carboxylic acids is 2. The molecule has 1 aliphatic heterocycles. The Morgan fingerprint density at radius 1 is 1.11 bits per heavy atom. The Morgan fingerprint density at radius 3 is 2.49 bits per heavy atom. The minimum absolute atomic E-state index is 0.00259. The fourth-order valence-electron chi connectivity index (χ4n) is 5.41. The highest BCUT2D eigenvalue weighted by Gasteiger charge is 2.22. The third-order valence-corrected chi connectivity index (χ3v) is 7.01. The summed E-state index contributed by atoms with van der Waals surface area (Å²) in [5.74, 6) is 0.881. The van der Waals surface area contributed by atoms with Gasteiger partial charge >= 0.3 is 0 Å². The second kappa shape index (κ2) is 10.6. The normalized spacial score (nSPS) is 18.6. The lowest BCUT2D eigenvalue weighted by Gasteiger charge is -2.35. The third-order valence-electron chi connectivity index (χ3n) is 7.01. The highest BCUT2D eigenvalue weighted by molar-refractivity contribution is 5.98. The molecule has 4 rings (SSSR count). The lowest BCUT2D eigenvalue weighted by atomic mass is 9.91. The van der Waals surface area contributed by atoms with Gasteiger partial charge < -0.3 is 11.1 Å². The van der Waals surface area contributed by atoms with Crippen molar-refractivity contribution in [3.05, 3.63) is 64.1 Å². The first-order valence-corrected chi connectivity index (χ1v) is 12.4. The molecule has 8 nitrogen and oxygen atoms in total. The first-order chi connectivity index (χ1) is 16.7. The predicted molar refractivity (Wildman–Crippen MR) is 136 cm³/mol. The van der Waals surface area contributed by atoms with E-state index in [1.54, 1.807) is 4.52 Å². The van der Waals surface area contributed by atoms with E-state index in [0.717, 1.165) is 54.0 Å². The van der Waals surface area contributed by atoms with Gasteiger partial charge in [-0.25, -0.2) is 9.50 Å². The monoisotopic (exact) mass is 476 g/mol. The second-order valence-corrected chi connectivity index (χ2v) is 10.1. The van der Waals surface area contributed by atoms with Crippen LogP contribution < -0.4 is 11.1 Å². The Balaban J connectivity index is 1.37. The zero-order chi connectivity index (χ0) is 25.1. The molecule has 0 spiro atoms. The number of fused-ring (bicyclic) bond motifs is 1. The van der Waals surface area contributed by atoms with E-state index < -0.39 is 5.91 Å². The number of carbonyl (C=O) groups is 2. The van der Waals surface area contributed by atoms with Gasteiger partial charge in [-0.2, -0.15) is 5.10 Å². The molecule has 35 heavy (non-hydrogen) atoms. The van der Waals surface area contributed by atoms with E-state index in [9.17, 15) is 9.59 Å². The maximum absolute atomic E-state index is 12.7. The topological polar surface area (TPSA) is 106 Å². The summed E-state index contributed by atoms with van der Waals surface area (Å²) in [6.07, 6.45) is 3.63. The Bertz CT molecular complexity index is 1220. The molecule has 2 amide bonds. The molecule has 0 aliphatic carbocycles. The van der Waals surface area contributed by atoms with Gasteiger partial charge in [-0.15, -0.1) is 0 Å². The molecule has 0 radical (unpaired) electrons. The number of nitrogens with two attached hydrogens (primary N) is 1. The van der Waals surface area contributed by atoms with Crippen molar-refractivity contribution in [1.82, 2.24) is 24.8 Å². The lowest BCUT2D eigenvalue weighted by molar-refractivity contribution is -0.121. The van der Waals surface area contributed by atoms with Gasteiger partial charge in [0.05, 0.1) is 6.20 Å². The summed E-state index contributed by atoms with van der Waals surface area (Å²) in [6, 6.07) is 8.38. The number of piperidine rings is 1. The highest BCUT2D eigenvalue weighted by Crippen LogP contribution is 2.23. The van der Waals surface area contributed by atoms with Crippen LogP contribution in [0.3, 0.4) is 0 Å². The molecular weight excluding hydrogens is 440 g/mol. The summed E-state index contributed by atoms with van der Waals surface area (Å²) >= 11 is 0. The van der Waals surface area contributed by atoms with Gasteiger partial charge in [0, 0.05) is 44.0 Å². The van der Waals surface area contributed by atoms with Crippen LogP contribution in [0.15, 0.2) is 30.5 Å². The Labute approximate surface area is 206 Å². The maximum Gasteiger partial charge on any atom is 0.254 e. The smallest absolute Gasteiger partial charge is 0.254 e. The van der Waals surface area contributed by atoms with Crippen molar-refractivity contribution in [1.29, 1.82) is 0 Å². The molecule has 3 N–H and O–H groups in total. The van der Waals surface area contributed by atoms with Gasteiger partial charge in [0.15, 0.2) is 5.65 Å². The third kappa shape index (κ3) is 5.70. The van der Waals surface area contributed by atoms with E-state index in [4.69, 9.17) is 5.73 Å². The zero-order valence-electron chi connectivity index (χ0n) is 21.2. The van der Waals surface area contributed by atoms with Crippen molar-refractivity contribution in [2.45, 2.75) is 60.0 Å². The van der Waals surface area contributed by atoms with Gasteiger partial charge in [-0.3, -0.25) is 14.5 Å². The number of likely N-dealkylation sites (tertiary alicyclic amines) is 1. The molecule has 1 fully saturated rings. The molecule has 0 bridgehead atoms. The number of aromatic nitrogens is 3. The van der Waals surface area contributed by atoms with E-state index in [0.29, 0.717) is 30.6 Å². The SMILES string of the molecule is Cc1nc2c(C(N)=O)cnn2c(C)c1CCC(=O)NCc1ccccc1CN1CC(C)CC(C)C1. The molecule has 186 valence electrons. The molecule has 8 heteroatoms. The minimum Gasteiger partial charge on any atom is -0.365 e. The standard InChI is InChI=1S/C27H36N6O2/c1-17-11-18(2)15-32(14-17)16-22-8-6-5-7-21(22)12-29-25(34)10-9-23-19(3)31-27-24(26(28)35)13-30-33(27)20(23)4/h5-8,13,17-18H,9-12,14-16H2,1-4H3,(H2,28,35)(H,29,34). The van der Waals surface area contributed by atoms with E-state index in [1.165, 1.54) is 18.2 Å². The van der Waals surface area contributed by atoms with Crippen molar-refractivity contribution in [2.24, 2.45) is 17.6 Å². The van der Waals surface area contributed by atoms with Crippen molar-refractivity contribution in [3.8, 4) is 0 Å². The van der Waals surface area contributed by atoms with Crippen molar-refractivity contribution < 1.29 is 9.59 Å². The van der Waals surface area contributed by atoms with Crippen LogP contribution in [0.25, 0.3) is 5.65 Å². The summed E-state index contributed by atoms with van der Waals surface area (Å²) in [5, 5.41) is 7.36. The van der Waals surface area contributed by atoms with Gasteiger partial charge in [0.25, 0.3) is 5.91 Å². The number of nitrogens with one attached hydrogen (secondary N) is 1. The Kier molecular flexibility index (Phi) is 7.50. The quantitative estimate of drug-likeness (QED) is 0.520. The summed E-state index contributed by atoms with van der Waals surface area (Å²) < 4.78 is 1.62. The molecule has 3 heterocycles. The summed E-state index contributed by atoms with van der Waals surface area (Å²) in [5.41, 5.74) is 11.2. The van der Waals surface area contributed by atoms with Crippen molar-refractivity contribution >= 4 is 17.5 Å². The number of aryl methyl sites for hydroxylation is 2. The number of hydrogen-bond acceptors (Lipinski definition) is 5. The maximum atomic E-state index is 12.7. The Hall–Kier alpha value is -3.26. The molecule has 3 aromatic rings. The largest absolute Gasteiger partial charge is 0.365 e. The van der Waals surface area contributed by atoms with Gasteiger partial charge in [-0.1, -0.05) is 38.1 Å². The summed E-state index contributed by atoms with van der Waals surface area (Å²) in [6.45, 7) is 12.1. The van der Waals surface area contributed by atoms with Crippen LogP contribution in [-0.2, 0) is 24.3 Å². The average molecular weight is 477 g/mol. The van der Waals surface area contributed by atoms with Gasteiger partial charge in [-0.05, 0) is 55.2 Å². The molecular formula is C27H36N6O2. The van der Waals surface area contributed by atoms with Crippen LogP contribution in [0.5, 0.6) is 0 Å². The minimum atomic E-state index is -0.553. The van der Waals surface area contributed by atoms with Crippen LogP contribution in [-0.4, -0.2) is 44.4 Å². The van der Waals surface area contributed by atoms with Crippen LogP contribution in [0, 0.1) is 25.7 Å². The number of primary amides is 1. The predicted octanol–water partition coefficient (Wildman–Crippen LogP) is 3.17. The van der Waals surface area contributed by atoms with Gasteiger partial charge in [0.1, 0.15) is 5.56 Å². The molecule has 1 saturated heterocycles. The number of nitrogens with zero attached hydrogens (tertiary/aromatic N) is 4. The lowest BCUT2D eigenvalue weighted by Crippen LogP contribution is -2.38. The molecule has 1 aromatic carbocycles. The van der Waals surface area contributed by atoms with E-state index in [-0.39, 0.29) is 5.91 Å². The van der Waals surface area contributed by atoms with E-state index in [2.05, 4.69) is 52.3 Å². The highest BCUT2D eigenvalue weighted by atomic mass is 16.1. The molecule has 1 aliphatic rings. The summed E-state index contributed by atoms with van der Waals surface area (Å²) in [4.78, 5) is 31.4. The van der Waals surface area contributed by atoms with Crippen LogP contribution in [0.4, 0.5) is 0 Å². The second-order valence-electron chi connectivity index (χ2n) is 10.1. The first kappa shape index (κ1) is 24.9. The first-order valence-electron chi connectivity index (χ1n) is 12.4. The molecule has 0 saturated carbocycles.